The number of sulfonamides is 1. The van der Waals surface area contributed by atoms with Crippen molar-refractivity contribution in [1.82, 2.24) is 4.72 Å². The molecule has 0 spiro atoms. The standard InChI is InChI=1S/C19H19F3N2O5S/c1-2-29-18(26)13-6-8-15(9-7-13)24-17(25)10-11-23-30(27,28)16-5-3-4-14(12-16)19(20,21)22/h3-9,12,23H,2,10-11H2,1H3,(H,24,25). The van der Waals surface area contributed by atoms with Gasteiger partial charge in [-0.25, -0.2) is 17.9 Å². The fourth-order valence-electron chi connectivity index (χ4n) is 2.35. The van der Waals surface area contributed by atoms with Gasteiger partial charge in [-0.15, -0.1) is 0 Å². The minimum absolute atomic E-state index is 0.230. The van der Waals surface area contributed by atoms with Gasteiger partial charge >= 0.3 is 12.1 Å². The molecule has 0 saturated carbocycles. The van der Waals surface area contributed by atoms with Crippen molar-refractivity contribution in [1.29, 1.82) is 0 Å². The summed E-state index contributed by atoms with van der Waals surface area (Å²) in [5.74, 6) is -1.02. The first-order chi connectivity index (χ1) is 14.0. The van der Waals surface area contributed by atoms with E-state index in [1.165, 1.54) is 24.3 Å². The Bertz CT molecular complexity index is 1010. The van der Waals surface area contributed by atoms with Crippen LogP contribution >= 0.6 is 0 Å². The van der Waals surface area contributed by atoms with Gasteiger partial charge in [0.25, 0.3) is 0 Å². The average molecular weight is 444 g/mol. The SMILES string of the molecule is CCOC(=O)c1ccc(NC(=O)CCNS(=O)(=O)c2cccc(C(F)(F)F)c2)cc1. The Kier molecular flexibility index (Phi) is 7.57. The second-order valence-electron chi connectivity index (χ2n) is 6.02. The van der Waals surface area contributed by atoms with E-state index in [4.69, 9.17) is 4.74 Å². The van der Waals surface area contributed by atoms with Gasteiger partial charge in [0.05, 0.1) is 22.6 Å². The second-order valence-corrected chi connectivity index (χ2v) is 7.79. The van der Waals surface area contributed by atoms with E-state index in [9.17, 15) is 31.2 Å². The zero-order valence-electron chi connectivity index (χ0n) is 15.8. The van der Waals surface area contributed by atoms with Crippen molar-refractivity contribution < 1.29 is 35.9 Å². The molecule has 2 rings (SSSR count). The van der Waals surface area contributed by atoms with Crippen molar-refractivity contribution in [2.75, 3.05) is 18.5 Å². The van der Waals surface area contributed by atoms with Crippen molar-refractivity contribution in [3.05, 3.63) is 59.7 Å². The fourth-order valence-corrected chi connectivity index (χ4v) is 3.43. The Morgan fingerprint density at radius 1 is 1.07 bits per heavy atom. The Morgan fingerprint density at radius 2 is 1.73 bits per heavy atom. The molecule has 0 heterocycles. The van der Waals surface area contributed by atoms with Crippen LogP contribution in [0.1, 0.15) is 29.3 Å². The van der Waals surface area contributed by atoms with Crippen LogP contribution in [0.2, 0.25) is 0 Å². The van der Waals surface area contributed by atoms with Crippen molar-refractivity contribution in [3.8, 4) is 0 Å². The van der Waals surface area contributed by atoms with Gasteiger partial charge in [0.2, 0.25) is 15.9 Å². The number of anilines is 1. The molecule has 2 aromatic rings. The lowest BCUT2D eigenvalue weighted by atomic mass is 10.2. The number of carbonyl (C=O) groups excluding carboxylic acids is 2. The van der Waals surface area contributed by atoms with E-state index in [1.807, 2.05) is 0 Å². The molecule has 0 saturated heterocycles. The maximum atomic E-state index is 12.7. The number of ether oxygens (including phenoxy) is 1. The summed E-state index contributed by atoms with van der Waals surface area (Å²) in [5, 5.41) is 2.52. The minimum Gasteiger partial charge on any atom is -0.462 e. The van der Waals surface area contributed by atoms with Gasteiger partial charge in [0.15, 0.2) is 0 Å². The molecule has 162 valence electrons. The van der Waals surface area contributed by atoms with Crippen LogP contribution in [0.15, 0.2) is 53.4 Å². The van der Waals surface area contributed by atoms with E-state index in [-0.39, 0.29) is 19.6 Å². The molecule has 2 N–H and O–H groups in total. The van der Waals surface area contributed by atoms with Crippen molar-refractivity contribution in [3.63, 3.8) is 0 Å². The highest BCUT2D eigenvalue weighted by Crippen LogP contribution is 2.30. The first-order valence-electron chi connectivity index (χ1n) is 8.77. The lowest BCUT2D eigenvalue weighted by molar-refractivity contribution is -0.137. The number of nitrogens with one attached hydrogen (secondary N) is 2. The maximum Gasteiger partial charge on any atom is 0.416 e. The maximum absolute atomic E-state index is 12.7. The molecule has 1 amide bonds. The summed E-state index contributed by atoms with van der Waals surface area (Å²) in [5.41, 5.74) is -0.396. The van der Waals surface area contributed by atoms with Crippen LogP contribution < -0.4 is 10.0 Å². The Balaban J connectivity index is 1.90. The van der Waals surface area contributed by atoms with Crippen LogP contribution in [0, 0.1) is 0 Å². The minimum atomic E-state index is -4.67. The molecule has 0 atom stereocenters. The van der Waals surface area contributed by atoms with Gasteiger partial charge in [-0.3, -0.25) is 4.79 Å². The van der Waals surface area contributed by atoms with Crippen LogP contribution in [-0.4, -0.2) is 33.4 Å². The molecular weight excluding hydrogens is 425 g/mol. The lowest BCUT2D eigenvalue weighted by Crippen LogP contribution is -2.28. The van der Waals surface area contributed by atoms with Gasteiger partial charge in [0, 0.05) is 18.7 Å². The van der Waals surface area contributed by atoms with Crippen molar-refractivity contribution >= 4 is 27.6 Å². The molecule has 0 aliphatic heterocycles. The predicted octanol–water partition coefficient (Wildman–Crippen LogP) is 3.19. The molecular formula is C19H19F3N2O5S. The molecule has 0 unspecified atom stereocenters. The smallest absolute Gasteiger partial charge is 0.416 e. The van der Waals surface area contributed by atoms with Gasteiger partial charge in [-0.05, 0) is 49.4 Å². The quantitative estimate of drug-likeness (QED) is 0.609. The van der Waals surface area contributed by atoms with Gasteiger partial charge in [0.1, 0.15) is 0 Å². The zero-order chi connectivity index (χ0) is 22.4. The number of esters is 1. The van der Waals surface area contributed by atoms with E-state index < -0.39 is 38.5 Å². The zero-order valence-corrected chi connectivity index (χ0v) is 16.6. The topological polar surface area (TPSA) is 102 Å². The van der Waals surface area contributed by atoms with Crippen LogP contribution in [0.4, 0.5) is 18.9 Å². The molecule has 0 fully saturated rings. The fraction of sp³-hybridized carbons (Fsp3) is 0.263. The molecule has 0 bridgehead atoms. The number of alkyl halides is 3. The number of hydrogen-bond acceptors (Lipinski definition) is 5. The Morgan fingerprint density at radius 3 is 2.33 bits per heavy atom. The van der Waals surface area contributed by atoms with E-state index in [0.29, 0.717) is 17.3 Å². The van der Waals surface area contributed by atoms with Crippen LogP contribution in [0.3, 0.4) is 0 Å². The van der Waals surface area contributed by atoms with E-state index in [0.717, 1.165) is 18.2 Å². The largest absolute Gasteiger partial charge is 0.462 e. The van der Waals surface area contributed by atoms with Crippen LogP contribution in [0.25, 0.3) is 0 Å². The Labute approximate surface area is 171 Å². The van der Waals surface area contributed by atoms with Crippen molar-refractivity contribution in [2.45, 2.75) is 24.4 Å². The summed E-state index contributed by atoms with van der Waals surface area (Å²) in [7, 11) is -4.21. The normalized spacial score (nSPS) is 11.7. The van der Waals surface area contributed by atoms with E-state index in [1.54, 1.807) is 6.92 Å². The number of rotatable bonds is 8. The highest BCUT2D eigenvalue weighted by atomic mass is 32.2. The number of carbonyl (C=O) groups is 2. The number of amides is 1. The highest BCUT2D eigenvalue weighted by molar-refractivity contribution is 7.89. The molecule has 11 heteroatoms. The van der Waals surface area contributed by atoms with Gasteiger partial charge in [-0.1, -0.05) is 6.07 Å². The summed E-state index contributed by atoms with van der Waals surface area (Å²) in [6.07, 6.45) is -4.92. The van der Waals surface area contributed by atoms with E-state index in [2.05, 4.69) is 10.0 Å². The third kappa shape index (κ3) is 6.56. The third-order valence-corrected chi connectivity index (χ3v) is 5.25. The van der Waals surface area contributed by atoms with Gasteiger partial charge < -0.3 is 10.1 Å². The van der Waals surface area contributed by atoms with E-state index >= 15 is 0 Å². The average Bonchev–Trinajstić information content (AvgIpc) is 2.68. The number of hydrogen-bond donors (Lipinski definition) is 2. The molecule has 0 aliphatic rings. The lowest BCUT2D eigenvalue weighted by Gasteiger charge is -2.10. The summed E-state index contributed by atoms with van der Waals surface area (Å²) >= 11 is 0. The molecule has 30 heavy (non-hydrogen) atoms. The molecule has 0 radical (unpaired) electrons. The number of halogens is 3. The predicted molar refractivity (Wildman–Crippen MR) is 102 cm³/mol. The molecule has 2 aromatic carbocycles. The van der Waals surface area contributed by atoms with Gasteiger partial charge in [-0.2, -0.15) is 13.2 Å². The van der Waals surface area contributed by atoms with Crippen LogP contribution in [0.5, 0.6) is 0 Å². The monoisotopic (exact) mass is 444 g/mol. The summed E-state index contributed by atoms with van der Waals surface area (Å²) in [4.78, 5) is 23.0. The first-order valence-corrected chi connectivity index (χ1v) is 10.2. The Hall–Kier alpha value is -2.92. The molecule has 0 aliphatic carbocycles. The third-order valence-electron chi connectivity index (χ3n) is 3.80. The summed E-state index contributed by atoms with van der Waals surface area (Å²) in [6.45, 7) is 1.59. The second kappa shape index (κ2) is 9.72. The summed E-state index contributed by atoms with van der Waals surface area (Å²) in [6, 6.07) is 9.20. The summed E-state index contributed by atoms with van der Waals surface area (Å²) < 4.78 is 69.4. The van der Waals surface area contributed by atoms with Crippen LogP contribution in [-0.2, 0) is 25.7 Å². The van der Waals surface area contributed by atoms with Crippen molar-refractivity contribution in [2.24, 2.45) is 0 Å². The molecule has 0 aromatic heterocycles. The number of benzene rings is 2. The highest BCUT2D eigenvalue weighted by Gasteiger charge is 2.31. The first kappa shape index (κ1) is 23.4. The molecule has 7 nitrogen and oxygen atoms in total.